The Kier molecular flexibility index (Phi) is 4.65. The van der Waals surface area contributed by atoms with Gasteiger partial charge in [-0.3, -0.25) is 0 Å². The number of nitrogens with two attached hydrogens (primary N) is 1. The highest BCUT2D eigenvalue weighted by Gasteiger charge is 2.20. The van der Waals surface area contributed by atoms with Crippen molar-refractivity contribution in [3.8, 4) is 5.75 Å². The molecule has 0 spiro atoms. The Morgan fingerprint density at radius 2 is 1.89 bits per heavy atom. The van der Waals surface area contributed by atoms with Crippen molar-refractivity contribution in [1.29, 1.82) is 0 Å². The summed E-state index contributed by atoms with van der Waals surface area (Å²) in [5.74, 6) is 1.02. The van der Waals surface area contributed by atoms with Gasteiger partial charge in [0.15, 0.2) is 0 Å². The summed E-state index contributed by atoms with van der Waals surface area (Å²) in [6, 6.07) is 4.12. The lowest BCUT2D eigenvalue weighted by Crippen LogP contribution is -2.08. The molecule has 18 heavy (non-hydrogen) atoms. The topological polar surface area (TPSA) is 46.2 Å². The molecule has 2 rings (SSSR count). The van der Waals surface area contributed by atoms with Gasteiger partial charge in [-0.25, -0.2) is 0 Å². The fraction of sp³-hybridized carbons (Fsp3) is 0.625. The maximum absolute atomic E-state index is 10.2. The van der Waals surface area contributed by atoms with Crippen molar-refractivity contribution in [2.75, 3.05) is 0 Å². The van der Waals surface area contributed by atoms with E-state index in [9.17, 15) is 5.11 Å². The Hall–Kier alpha value is -1.02. The van der Waals surface area contributed by atoms with Gasteiger partial charge in [-0.1, -0.05) is 38.7 Å². The molecule has 0 unspecified atom stereocenters. The molecule has 1 fully saturated rings. The van der Waals surface area contributed by atoms with E-state index in [1.165, 1.54) is 37.7 Å². The number of phenolic OH excluding ortho intramolecular Hbond substituents is 1. The normalized spacial score (nSPS) is 17.0. The Morgan fingerprint density at radius 3 is 2.50 bits per heavy atom. The van der Waals surface area contributed by atoms with Crippen LogP contribution in [0.3, 0.4) is 0 Å². The third kappa shape index (κ3) is 2.86. The van der Waals surface area contributed by atoms with E-state index in [1.54, 1.807) is 0 Å². The molecular formula is C16H25NO. The van der Waals surface area contributed by atoms with Gasteiger partial charge in [-0.2, -0.15) is 0 Å². The molecule has 1 aliphatic carbocycles. The number of aryl methyl sites for hydroxylation is 1. The van der Waals surface area contributed by atoms with Gasteiger partial charge in [0, 0.05) is 6.54 Å². The predicted octanol–water partition coefficient (Wildman–Crippen LogP) is 3.85. The summed E-state index contributed by atoms with van der Waals surface area (Å²) >= 11 is 0. The summed E-state index contributed by atoms with van der Waals surface area (Å²) in [5.41, 5.74) is 9.37. The van der Waals surface area contributed by atoms with E-state index in [0.29, 0.717) is 18.2 Å². The molecule has 1 aliphatic rings. The molecule has 1 saturated carbocycles. The van der Waals surface area contributed by atoms with Gasteiger partial charge in [0.1, 0.15) is 5.75 Å². The maximum Gasteiger partial charge on any atom is 0.119 e. The van der Waals surface area contributed by atoms with Gasteiger partial charge < -0.3 is 10.8 Å². The molecule has 0 atom stereocenters. The highest BCUT2D eigenvalue weighted by molar-refractivity contribution is 5.44. The molecule has 0 bridgehead atoms. The average Bonchev–Trinajstić information content (AvgIpc) is 2.41. The molecule has 0 heterocycles. The summed E-state index contributed by atoms with van der Waals surface area (Å²) in [4.78, 5) is 0. The molecule has 1 aromatic carbocycles. The van der Waals surface area contributed by atoms with E-state index in [1.807, 2.05) is 6.07 Å². The Balaban J connectivity index is 2.31. The van der Waals surface area contributed by atoms with E-state index in [0.717, 1.165) is 24.0 Å². The summed E-state index contributed by atoms with van der Waals surface area (Å²) < 4.78 is 0. The Morgan fingerprint density at radius 1 is 1.17 bits per heavy atom. The van der Waals surface area contributed by atoms with Crippen LogP contribution in [0.5, 0.6) is 5.75 Å². The minimum atomic E-state index is 0.460. The van der Waals surface area contributed by atoms with E-state index >= 15 is 0 Å². The lowest BCUT2D eigenvalue weighted by Gasteiger charge is -2.24. The van der Waals surface area contributed by atoms with E-state index < -0.39 is 0 Å². The van der Waals surface area contributed by atoms with Crippen LogP contribution in [0.4, 0.5) is 0 Å². The molecule has 100 valence electrons. The number of benzene rings is 1. The fourth-order valence-corrected chi connectivity index (χ4v) is 3.13. The Bertz CT molecular complexity index is 394. The van der Waals surface area contributed by atoms with Gasteiger partial charge in [0.2, 0.25) is 0 Å². The van der Waals surface area contributed by atoms with Crippen LogP contribution in [0.2, 0.25) is 0 Å². The second-order valence-corrected chi connectivity index (χ2v) is 5.47. The second kappa shape index (κ2) is 6.24. The minimum Gasteiger partial charge on any atom is -0.508 e. The van der Waals surface area contributed by atoms with E-state index in [-0.39, 0.29) is 0 Å². The van der Waals surface area contributed by atoms with Crippen molar-refractivity contribution in [3.05, 3.63) is 28.8 Å². The summed E-state index contributed by atoms with van der Waals surface area (Å²) in [7, 11) is 0. The zero-order chi connectivity index (χ0) is 13.0. The van der Waals surface area contributed by atoms with Crippen molar-refractivity contribution < 1.29 is 5.11 Å². The first kappa shape index (κ1) is 13.4. The largest absolute Gasteiger partial charge is 0.508 e. The van der Waals surface area contributed by atoms with Gasteiger partial charge in [-0.05, 0) is 47.9 Å². The molecular weight excluding hydrogens is 222 g/mol. The number of hydrogen-bond donors (Lipinski definition) is 2. The zero-order valence-corrected chi connectivity index (χ0v) is 11.4. The van der Waals surface area contributed by atoms with Gasteiger partial charge in [0.05, 0.1) is 0 Å². The SMILES string of the molecule is CCCc1cc(C2CCCCC2)c(O)cc1CN. The van der Waals surface area contributed by atoms with Crippen LogP contribution in [0, 0.1) is 0 Å². The quantitative estimate of drug-likeness (QED) is 0.849. The average molecular weight is 247 g/mol. The van der Waals surface area contributed by atoms with E-state index in [4.69, 9.17) is 5.73 Å². The van der Waals surface area contributed by atoms with Gasteiger partial charge in [0.25, 0.3) is 0 Å². The molecule has 2 heteroatoms. The molecule has 0 aromatic heterocycles. The fourth-order valence-electron chi connectivity index (χ4n) is 3.13. The Labute approximate surface area is 110 Å². The molecule has 2 nitrogen and oxygen atoms in total. The summed E-state index contributed by atoms with van der Waals surface area (Å²) in [6.45, 7) is 2.71. The highest BCUT2D eigenvalue weighted by Crippen LogP contribution is 2.38. The molecule has 0 aliphatic heterocycles. The highest BCUT2D eigenvalue weighted by atomic mass is 16.3. The van der Waals surface area contributed by atoms with E-state index in [2.05, 4.69) is 13.0 Å². The molecule has 3 N–H and O–H groups in total. The van der Waals surface area contributed by atoms with Crippen LogP contribution < -0.4 is 5.73 Å². The van der Waals surface area contributed by atoms with Crippen molar-refractivity contribution in [2.24, 2.45) is 5.73 Å². The lowest BCUT2D eigenvalue weighted by molar-refractivity contribution is 0.413. The molecule has 0 radical (unpaired) electrons. The number of rotatable bonds is 4. The van der Waals surface area contributed by atoms with Crippen molar-refractivity contribution >= 4 is 0 Å². The minimum absolute atomic E-state index is 0.460. The first-order valence-corrected chi connectivity index (χ1v) is 7.31. The van der Waals surface area contributed by atoms with Crippen molar-refractivity contribution in [2.45, 2.75) is 64.3 Å². The maximum atomic E-state index is 10.2. The smallest absolute Gasteiger partial charge is 0.119 e. The lowest BCUT2D eigenvalue weighted by atomic mass is 9.82. The van der Waals surface area contributed by atoms with Crippen molar-refractivity contribution in [1.82, 2.24) is 0 Å². The van der Waals surface area contributed by atoms with Gasteiger partial charge in [-0.15, -0.1) is 0 Å². The standard InChI is InChI=1S/C16H25NO/c1-2-6-13-9-15(12-7-4-3-5-8-12)16(18)10-14(13)11-17/h9-10,12,18H,2-8,11,17H2,1H3. The second-order valence-electron chi connectivity index (χ2n) is 5.47. The summed E-state index contributed by atoms with van der Waals surface area (Å²) in [5, 5.41) is 10.2. The van der Waals surface area contributed by atoms with Crippen LogP contribution in [0.15, 0.2) is 12.1 Å². The number of phenols is 1. The summed E-state index contributed by atoms with van der Waals surface area (Å²) in [6.07, 6.45) is 8.58. The number of aromatic hydroxyl groups is 1. The number of hydrogen-bond acceptors (Lipinski definition) is 2. The first-order valence-electron chi connectivity index (χ1n) is 7.31. The zero-order valence-electron chi connectivity index (χ0n) is 11.4. The monoisotopic (exact) mass is 247 g/mol. The molecule has 0 saturated heterocycles. The third-order valence-corrected chi connectivity index (χ3v) is 4.13. The predicted molar refractivity (Wildman–Crippen MR) is 75.8 cm³/mol. The van der Waals surface area contributed by atoms with Crippen LogP contribution in [0.25, 0.3) is 0 Å². The molecule has 1 aromatic rings. The van der Waals surface area contributed by atoms with Crippen LogP contribution in [-0.4, -0.2) is 5.11 Å². The van der Waals surface area contributed by atoms with Gasteiger partial charge >= 0.3 is 0 Å². The third-order valence-electron chi connectivity index (χ3n) is 4.13. The first-order chi connectivity index (χ1) is 8.76. The molecule has 0 amide bonds. The van der Waals surface area contributed by atoms with Crippen LogP contribution >= 0.6 is 0 Å². The van der Waals surface area contributed by atoms with Crippen molar-refractivity contribution in [3.63, 3.8) is 0 Å². The van der Waals surface area contributed by atoms with Crippen LogP contribution in [0.1, 0.15) is 68.1 Å². The van der Waals surface area contributed by atoms with Crippen LogP contribution in [-0.2, 0) is 13.0 Å².